The van der Waals surface area contributed by atoms with Crippen LogP contribution in [0, 0.1) is 5.92 Å². The van der Waals surface area contributed by atoms with Crippen LogP contribution in [0.5, 0.6) is 0 Å². The fourth-order valence-electron chi connectivity index (χ4n) is 1.70. The maximum absolute atomic E-state index is 12.1. The molecule has 1 unspecified atom stereocenters. The lowest BCUT2D eigenvalue weighted by Crippen LogP contribution is -2.36. The monoisotopic (exact) mass is 257 g/mol. The largest absolute Gasteiger partial charge is 0.383 e. The molecule has 0 radical (unpaired) electrons. The van der Waals surface area contributed by atoms with Crippen LogP contribution in [0.4, 0.5) is 0 Å². The van der Waals surface area contributed by atoms with Crippen LogP contribution >= 0.6 is 0 Å². The average molecular weight is 257 g/mol. The van der Waals surface area contributed by atoms with Gasteiger partial charge in [-0.3, -0.25) is 4.79 Å². The lowest BCUT2D eigenvalue weighted by Gasteiger charge is -2.22. The number of nitrogens with zero attached hydrogens (tertiary/aromatic N) is 1. The number of hydrogen-bond donors (Lipinski definition) is 0. The molecule has 0 saturated heterocycles. The SMILES string of the molecule is C/C=C/C(C)CCC(=O)N(CCOC)CCOC. The molecule has 4 nitrogen and oxygen atoms in total. The maximum Gasteiger partial charge on any atom is 0.222 e. The molecule has 0 aromatic heterocycles. The summed E-state index contributed by atoms with van der Waals surface area (Å²) >= 11 is 0. The van der Waals surface area contributed by atoms with Crippen molar-refractivity contribution in [3.63, 3.8) is 0 Å². The molecule has 18 heavy (non-hydrogen) atoms. The van der Waals surface area contributed by atoms with Crippen molar-refractivity contribution in [1.82, 2.24) is 4.90 Å². The Morgan fingerprint density at radius 2 is 1.78 bits per heavy atom. The van der Waals surface area contributed by atoms with E-state index in [-0.39, 0.29) is 5.91 Å². The first-order valence-electron chi connectivity index (χ1n) is 6.54. The molecule has 0 heterocycles. The number of allylic oxidation sites excluding steroid dienone is 2. The molecule has 0 aliphatic carbocycles. The zero-order valence-corrected chi connectivity index (χ0v) is 12.1. The fourth-order valence-corrected chi connectivity index (χ4v) is 1.70. The Hall–Kier alpha value is -0.870. The zero-order valence-electron chi connectivity index (χ0n) is 12.1. The molecule has 0 N–H and O–H groups in total. The van der Waals surface area contributed by atoms with Crippen LogP contribution in [0.2, 0.25) is 0 Å². The van der Waals surface area contributed by atoms with E-state index in [9.17, 15) is 4.79 Å². The topological polar surface area (TPSA) is 38.8 Å². The summed E-state index contributed by atoms with van der Waals surface area (Å²) < 4.78 is 10.0. The van der Waals surface area contributed by atoms with Crippen molar-refractivity contribution in [2.24, 2.45) is 5.92 Å². The molecule has 1 amide bonds. The van der Waals surface area contributed by atoms with Crippen LogP contribution < -0.4 is 0 Å². The Bertz CT molecular complexity index is 233. The summed E-state index contributed by atoms with van der Waals surface area (Å²) in [5.41, 5.74) is 0. The minimum Gasteiger partial charge on any atom is -0.383 e. The second kappa shape index (κ2) is 11.2. The van der Waals surface area contributed by atoms with Crippen molar-refractivity contribution in [3.05, 3.63) is 12.2 Å². The average Bonchev–Trinajstić information content (AvgIpc) is 2.36. The molecule has 0 bridgehead atoms. The Labute approximate surface area is 111 Å². The van der Waals surface area contributed by atoms with Gasteiger partial charge >= 0.3 is 0 Å². The van der Waals surface area contributed by atoms with Crippen LogP contribution in [0.25, 0.3) is 0 Å². The summed E-state index contributed by atoms with van der Waals surface area (Å²) in [4.78, 5) is 13.9. The van der Waals surface area contributed by atoms with E-state index in [1.54, 1.807) is 14.2 Å². The number of carbonyl (C=O) groups excluding carboxylic acids is 1. The van der Waals surface area contributed by atoms with E-state index in [1.165, 1.54) is 0 Å². The van der Waals surface area contributed by atoms with Gasteiger partial charge in [0.15, 0.2) is 0 Å². The third-order valence-electron chi connectivity index (χ3n) is 2.82. The summed E-state index contributed by atoms with van der Waals surface area (Å²) in [5, 5.41) is 0. The number of amides is 1. The standard InChI is InChI=1S/C14H27NO3/c1-5-6-13(2)7-8-14(16)15(9-11-17-3)10-12-18-4/h5-6,13H,7-12H2,1-4H3/b6-5+. The van der Waals surface area contributed by atoms with E-state index in [0.717, 1.165) is 6.42 Å². The molecule has 0 fully saturated rings. The molecular weight excluding hydrogens is 230 g/mol. The highest BCUT2D eigenvalue weighted by Crippen LogP contribution is 2.09. The van der Waals surface area contributed by atoms with Crippen molar-refractivity contribution < 1.29 is 14.3 Å². The van der Waals surface area contributed by atoms with E-state index < -0.39 is 0 Å². The van der Waals surface area contributed by atoms with Gasteiger partial charge in [0.25, 0.3) is 0 Å². The number of carbonyl (C=O) groups is 1. The van der Waals surface area contributed by atoms with E-state index >= 15 is 0 Å². The molecule has 4 heteroatoms. The Balaban J connectivity index is 4.10. The minimum atomic E-state index is 0.181. The van der Waals surface area contributed by atoms with Gasteiger partial charge in [-0.1, -0.05) is 19.1 Å². The molecular formula is C14H27NO3. The van der Waals surface area contributed by atoms with E-state index in [2.05, 4.69) is 13.0 Å². The third-order valence-corrected chi connectivity index (χ3v) is 2.82. The number of hydrogen-bond acceptors (Lipinski definition) is 3. The minimum absolute atomic E-state index is 0.181. The van der Waals surface area contributed by atoms with Gasteiger partial charge in [0, 0.05) is 33.7 Å². The number of methoxy groups -OCH3 is 2. The van der Waals surface area contributed by atoms with Gasteiger partial charge in [0.1, 0.15) is 0 Å². The van der Waals surface area contributed by atoms with Crippen molar-refractivity contribution in [3.8, 4) is 0 Å². The molecule has 0 rings (SSSR count). The van der Waals surface area contributed by atoms with Crippen LogP contribution in [-0.4, -0.2) is 51.3 Å². The molecule has 0 aliphatic rings. The molecule has 0 saturated carbocycles. The van der Waals surface area contributed by atoms with Gasteiger partial charge in [0.05, 0.1) is 13.2 Å². The van der Waals surface area contributed by atoms with Crippen LogP contribution in [0.15, 0.2) is 12.2 Å². The van der Waals surface area contributed by atoms with Crippen LogP contribution in [-0.2, 0) is 14.3 Å². The zero-order chi connectivity index (χ0) is 13.8. The molecule has 1 atom stereocenters. The van der Waals surface area contributed by atoms with Crippen LogP contribution in [0.1, 0.15) is 26.7 Å². The first-order valence-corrected chi connectivity index (χ1v) is 6.54. The molecule has 0 aliphatic heterocycles. The van der Waals surface area contributed by atoms with Gasteiger partial charge in [-0.25, -0.2) is 0 Å². The van der Waals surface area contributed by atoms with E-state index in [0.29, 0.717) is 38.6 Å². The summed E-state index contributed by atoms with van der Waals surface area (Å²) in [6.07, 6.45) is 5.63. The number of rotatable bonds is 10. The summed E-state index contributed by atoms with van der Waals surface area (Å²) in [6, 6.07) is 0. The highest BCUT2D eigenvalue weighted by Gasteiger charge is 2.13. The van der Waals surface area contributed by atoms with Gasteiger partial charge in [-0.05, 0) is 19.3 Å². The van der Waals surface area contributed by atoms with Gasteiger partial charge < -0.3 is 14.4 Å². The van der Waals surface area contributed by atoms with Gasteiger partial charge in [-0.15, -0.1) is 0 Å². The lowest BCUT2D eigenvalue weighted by molar-refractivity contribution is -0.132. The third kappa shape index (κ3) is 8.25. The first kappa shape index (κ1) is 17.1. The van der Waals surface area contributed by atoms with Gasteiger partial charge in [0.2, 0.25) is 5.91 Å². The van der Waals surface area contributed by atoms with Crippen molar-refractivity contribution >= 4 is 5.91 Å². The second-order valence-electron chi connectivity index (χ2n) is 4.41. The van der Waals surface area contributed by atoms with E-state index in [4.69, 9.17) is 9.47 Å². The normalized spacial score (nSPS) is 12.9. The summed E-state index contributed by atoms with van der Waals surface area (Å²) in [5.74, 6) is 0.631. The van der Waals surface area contributed by atoms with Crippen molar-refractivity contribution in [1.29, 1.82) is 0 Å². The number of ether oxygens (including phenoxy) is 2. The summed E-state index contributed by atoms with van der Waals surface area (Å²) in [6.45, 7) is 6.54. The Morgan fingerprint density at radius 3 is 2.22 bits per heavy atom. The quantitative estimate of drug-likeness (QED) is 0.563. The predicted octanol–water partition coefficient (Wildman–Crippen LogP) is 2.10. The highest BCUT2D eigenvalue weighted by molar-refractivity contribution is 5.76. The van der Waals surface area contributed by atoms with Gasteiger partial charge in [-0.2, -0.15) is 0 Å². The fraction of sp³-hybridized carbons (Fsp3) is 0.786. The summed E-state index contributed by atoms with van der Waals surface area (Å²) in [7, 11) is 3.29. The van der Waals surface area contributed by atoms with Crippen molar-refractivity contribution in [2.75, 3.05) is 40.5 Å². The molecule has 0 aromatic carbocycles. The highest BCUT2D eigenvalue weighted by atomic mass is 16.5. The lowest BCUT2D eigenvalue weighted by atomic mass is 10.0. The predicted molar refractivity (Wildman–Crippen MR) is 73.5 cm³/mol. The smallest absolute Gasteiger partial charge is 0.222 e. The van der Waals surface area contributed by atoms with Crippen LogP contribution in [0.3, 0.4) is 0 Å². The molecule has 106 valence electrons. The maximum atomic E-state index is 12.1. The first-order chi connectivity index (χ1) is 8.65. The Morgan fingerprint density at radius 1 is 1.22 bits per heavy atom. The second-order valence-corrected chi connectivity index (χ2v) is 4.41. The van der Waals surface area contributed by atoms with Crippen molar-refractivity contribution in [2.45, 2.75) is 26.7 Å². The van der Waals surface area contributed by atoms with E-state index in [1.807, 2.05) is 17.9 Å². The Kier molecular flexibility index (Phi) is 10.7. The molecule has 0 aromatic rings. The molecule has 0 spiro atoms.